The maximum absolute atomic E-state index is 11.9. The van der Waals surface area contributed by atoms with Crippen LogP contribution in [0.3, 0.4) is 0 Å². The van der Waals surface area contributed by atoms with Gasteiger partial charge >= 0.3 is 5.97 Å². The van der Waals surface area contributed by atoms with Crippen LogP contribution in [0.25, 0.3) is 0 Å². The van der Waals surface area contributed by atoms with Gasteiger partial charge in [0.1, 0.15) is 11.3 Å². The third kappa shape index (κ3) is 4.14. The normalized spacial score (nSPS) is 13.7. The summed E-state index contributed by atoms with van der Waals surface area (Å²) in [4.78, 5) is 13.0. The van der Waals surface area contributed by atoms with E-state index in [-0.39, 0.29) is 5.97 Å². The van der Waals surface area contributed by atoms with Crippen LogP contribution in [-0.4, -0.2) is 38.0 Å². The molecule has 5 heteroatoms. The van der Waals surface area contributed by atoms with E-state index < -0.39 is 5.54 Å². The van der Waals surface area contributed by atoms with Crippen molar-refractivity contribution in [1.82, 2.24) is 5.32 Å². The van der Waals surface area contributed by atoms with Gasteiger partial charge in [0, 0.05) is 10.6 Å². The molecule has 1 rings (SSSR count). The van der Waals surface area contributed by atoms with E-state index in [0.29, 0.717) is 12.4 Å². The Hall–Kier alpha value is -1.20. The SMILES string of the molecule is CCOC(=O)C(C)(CSc1ccccc1OC)NC. The van der Waals surface area contributed by atoms with Crippen LogP contribution in [-0.2, 0) is 9.53 Å². The minimum Gasteiger partial charge on any atom is -0.496 e. The highest BCUT2D eigenvalue weighted by Crippen LogP contribution is 2.31. The fourth-order valence-corrected chi connectivity index (χ4v) is 2.66. The number of esters is 1. The van der Waals surface area contributed by atoms with E-state index in [4.69, 9.17) is 9.47 Å². The summed E-state index contributed by atoms with van der Waals surface area (Å²) in [5, 5.41) is 3.03. The molecule has 0 aliphatic heterocycles. The molecule has 0 radical (unpaired) electrons. The number of methoxy groups -OCH3 is 1. The Balaban J connectivity index is 2.74. The van der Waals surface area contributed by atoms with Crippen molar-refractivity contribution >= 4 is 17.7 Å². The van der Waals surface area contributed by atoms with E-state index in [2.05, 4.69) is 5.32 Å². The molecular formula is C14H21NO3S. The van der Waals surface area contributed by atoms with E-state index in [1.54, 1.807) is 32.8 Å². The first-order valence-corrected chi connectivity index (χ1v) is 7.18. The van der Waals surface area contributed by atoms with Crippen molar-refractivity contribution in [1.29, 1.82) is 0 Å². The summed E-state index contributed by atoms with van der Waals surface area (Å²) in [6.45, 7) is 4.03. The van der Waals surface area contributed by atoms with Gasteiger partial charge in [-0.3, -0.25) is 4.79 Å². The van der Waals surface area contributed by atoms with Gasteiger partial charge in [-0.25, -0.2) is 0 Å². The summed E-state index contributed by atoms with van der Waals surface area (Å²) in [5.74, 6) is 1.15. The van der Waals surface area contributed by atoms with E-state index in [9.17, 15) is 4.79 Å². The number of carbonyl (C=O) groups is 1. The summed E-state index contributed by atoms with van der Waals surface area (Å²) in [7, 11) is 3.40. The van der Waals surface area contributed by atoms with E-state index in [1.165, 1.54) is 0 Å². The minimum absolute atomic E-state index is 0.236. The molecule has 4 nitrogen and oxygen atoms in total. The van der Waals surface area contributed by atoms with Crippen molar-refractivity contribution in [3.8, 4) is 5.75 Å². The van der Waals surface area contributed by atoms with Crippen LogP contribution in [0.1, 0.15) is 13.8 Å². The Morgan fingerprint density at radius 3 is 2.68 bits per heavy atom. The Morgan fingerprint density at radius 2 is 2.11 bits per heavy atom. The number of carbonyl (C=O) groups excluding carboxylic acids is 1. The van der Waals surface area contributed by atoms with Crippen LogP contribution >= 0.6 is 11.8 Å². The Kier molecular flexibility index (Phi) is 6.18. The summed E-state index contributed by atoms with van der Waals surface area (Å²) in [6.07, 6.45) is 0. The molecule has 0 heterocycles. The van der Waals surface area contributed by atoms with Crippen molar-refractivity contribution in [3.05, 3.63) is 24.3 Å². The summed E-state index contributed by atoms with van der Waals surface area (Å²) in [6, 6.07) is 7.76. The van der Waals surface area contributed by atoms with Crippen LogP contribution in [0.4, 0.5) is 0 Å². The number of rotatable bonds is 7. The molecule has 0 saturated carbocycles. The van der Waals surface area contributed by atoms with Gasteiger partial charge in [-0.05, 0) is 33.0 Å². The highest BCUT2D eigenvalue weighted by molar-refractivity contribution is 7.99. The molecule has 1 aromatic carbocycles. The first-order chi connectivity index (χ1) is 9.07. The molecule has 0 aliphatic carbocycles. The molecule has 0 spiro atoms. The Bertz CT molecular complexity index is 425. The van der Waals surface area contributed by atoms with Crippen LogP contribution in [0.15, 0.2) is 29.2 Å². The van der Waals surface area contributed by atoms with Gasteiger partial charge in [0.25, 0.3) is 0 Å². The zero-order valence-electron chi connectivity index (χ0n) is 11.9. The van der Waals surface area contributed by atoms with E-state index in [0.717, 1.165) is 10.6 Å². The monoisotopic (exact) mass is 283 g/mol. The number of para-hydroxylation sites is 1. The van der Waals surface area contributed by atoms with Gasteiger partial charge in [-0.15, -0.1) is 11.8 Å². The third-order valence-electron chi connectivity index (χ3n) is 2.86. The lowest BCUT2D eigenvalue weighted by Gasteiger charge is -2.26. The highest BCUT2D eigenvalue weighted by Gasteiger charge is 2.33. The number of likely N-dealkylation sites (N-methyl/N-ethyl adjacent to an activating group) is 1. The molecule has 19 heavy (non-hydrogen) atoms. The van der Waals surface area contributed by atoms with E-state index in [1.807, 2.05) is 31.2 Å². The predicted octanol–water partition coefficient (Wildman–Crippen LogP) is 2.33. The second-order valence-corrected chi connectivity index (χ2v) is 5.26. The maximum atomic E-state index is 11.9. The van der Waals surface area contributed by atoms with E-state index >= 15 is 0 Å². The van der Waals surface area contributed by atoms with Crippen molar-refractivity contribution in [3.63, 3.8) is 0 Å². The second-order valence-electron chi connectivity index (χ2n) is 4.24. The highest BCUT2D eigenvalue weighted by atomic mass is 32.2. The summed E-state index contributed by atoms with van der Waals surface area (Å²) in [5.41, 5.74) is -0.707. The number of thioether (sulfide) groups is 1. The molecule has 0 bridgehead atoms. The lowest BCUT2D eigenvalue weighted by atomic mass is 10.1. The van der Waals surface area contributed by atoms with Crippen molar-refractivity contribution < 1.29 is 14.3 Å². The molecule has 1 aromatic rings. The van der Waals surface area contributed by atoms with Gasteiger partial charge in [0.2, 0.25) is 0 Å². The first kappa shape index (κ1) is 15.9. The molecule has 1 atom stereocenters. The van der Waals surface area contributed by atoms with Crippen LogP contribution < -0.4 is 10.1 Å². The number of hydrogen-bond acceptors (Lipinski definition) is 5. The topological polar surface area (TPSA) is 47.6 Å². The predicted molar refractivity (Wildman–Crippen MR) is 77.8 cm³/mol. The van der Waals surface area contributed by atoms with Crippen LogP contribution in [0.2, 0.25) is 0 Å². The summed E-state index contributed by atoms with van der Waals surface area (Å²) < 4.78 is 10.4. The molecule has 106 valence electrons. The molecule has 0 fully saturated rings. The van der Waals surface area contributed by atoms with Gasteiger partial charge in [0.15, 0.2) is 0 Å². The minimum atomic E-state index is -0.707. The maximum Gasteiger partial charge on any atom is 0.326 e. The van der Waals surface area contributed by atoms with Gasteiger partial charge in [-0.1, -0.05) is 12.1 Å². The summed E-state index contributed by atoms with van der Waals surface area (Å²) >= 11 is 1.57. The standard InChI is InChI=1S/C14H21NO3S/c1-5-18-13(16)14(2,15-3)10-19-12-9-7-6-8-11(12)17-4/h6-9,15H,5,10H2,1-4H3. The number of benzene rings is 1. The zero-order chi connectivity index (χ0) is 14.3. The molecule has 1 unspecified atom stereocenters. The molecule has 0 aromatic heterocycles. The van der Waals surface area contributed by atoms with Gasteiger partial charge in [0.05, 0.1) is 13.7 Å². The van der Waals surface area contributed by atoms with Crippen molar-refractivity contribution in [2.45, 2.75) is 24.3 Å². The Morgan fingerprint density at radius 1 is 1.42 bits per heavy atom. The average Bonchev–Trinajstić information content (AvgIpc) is 2.45. The second kappa shape index (κ2) is 7.40. The van der Waals surface area contributed by atoms with Crippen molar-refractivity contribution in [2.24, 2.45) is 0 Å². The smallest absolute Gasteiger partial charge is 0.326 e. The number of hydrogen-bond donors (Lipinski definition) is 1. The Labute approximate surface area is 118 Å². The average molecular weight is 283 g/mol. The first-order valence-electron chi connectivity index (χ1n) is 6.19. The quantitative estimate of drug-likeness (QED) is 0.615. The number of ether oxygens (including phenoxy) is 2. The zero-order valence-corrected chi connectivity index (χ0v) is 12.7. The fourth-order valence-electron chi connectivity index (χ4n) is 1.48. The van der Waals surface area contributed by atoms with Gasteiger partial charge < -0.3 is 14.8 Å². The lowest BCUT2D eigenvalue weighted by molar-refractivity contribution is -0.149. The third-order valence-corrected chi connectivity index (χ3v) is 4.23. The molecule has 0 amide bonds. The molecule has 1 N–H and O–H groups in total. The van der Waals surface area contributed by atoms with Gasteiger partial charge in [-0.2, -0.15) is 0 Å². The van der Waals surface area contributed by atoms with Crippen LogP contribution in [0, 0.1) is 0 Å². The fraction of sp³-hybridized carbons (Fsp3) is 0.500. The van der Waals surface area contributed by atoms with Crippen LogP contribution in [0.5, 0.6) is 5.75 Å². The lowest BCUT2D eigenvalue weighted by Crippen LogP contribution is -2.50. The molecule has 0 aliphatic rings. The molecule has 0 saturated heterocycles. The largest absolute Gasteiger partial charge is 0.496 e. The molecular weight excluding hydrogens is 262 g/mol. The van der Waals surface area contributed by atoms with Crippen molar-refractivity contribution in [2.75, 3.05) is 26.5 Å². The number of nitrogens with one attached hydrogen (secondary N) is 1.